The normalized spacial score (nSPS) is 17.0. The van der Waals surface area contributed by atoms with Crippen LogP contribution in [0.4, 0.5) is 0 Å². The molecule has 1 aliphatic heterocycles. The molecule has 4 rings (SSSR count). The van der Waals surface area contributed by atoms with Crippen molar-refractivity contribution < 1.29 is 9.94 Å². The van der Waals surface area contributed by atoms with Crippen molar-refractivity contribution in [1.82, 2.24) is 4.98 Å². The number of fused-ring (bicyclic) bond motifs is 1. The lowest BCUT2D eigenvalue weighted by molar-refractivity contribution is 0.0855. The first-order valence-electron chi connectivity index (χ1n) is 7.65. The largest absolute Gasteiger partial charge is 0.505 e. The smallest absolute Gasteiger partial charge is 0.145 e. The number of benzene rings is 2. The van der Waals surface area contributed by atoms with Crippen LogP contribution in [0, 0.1) is 0 Å². The Morgan fingerprint density at radius 3 is 2.78 bits per heavy atom. The topological polar surface area (TPSA) is 54.7 Å². The molecule has 0 saturated carbocycles. The molecule has 114 valence electrons. The first-order valence-corrected chi connectivity index (χ1v) is 7.65. The van der Waals surface area contributed by atoms with Gasteiger partial charge >= 0.3 is 0 Å². The zero-order chi connectivity index (χ0) is 15.6. The average molecular weight is 304 g/mol. The van der Waals surface area contributed by atoms with Gasteiger partial charge in [0.05, 0.1) is 5.71 Å². The molecule has 0 amide bonds. The monoisotopic (exact) mass is 304 g/mol. The van der Waals surface area contributed by atoms with E-state index in [1.165, 1.54) is 0 Å². The fraction of sp³-hybridized carbons (Fsp3) is 0.158. The predicted molar refractivity (Wildman–Crippen MR) is 89.6 cm³/mol. The van der Waals surface area contributed by atoms with Crippen molar-refractivity contribution in [1.29, 1.82) is 0 Å². The summed E-state index contributed by atoms with van der Waals surface area (Å²) in [6.45, 7) is 0. The molecule has 2 aromatic carbocycles. The highest BCUT2D eigenvalue weighted by Crippen LogP contribution is 2.30. The van der Waals surface area contributed by atoms with Gasteiger partial charge in [-0.05, 0) is 17.2 Å². The lowest BCUT2D eigenvalue weighted by Crippen LogP contribution is -2.12. The molecule has 1 atom stereocenters. The Hall–Kier alpha value is -2.88. The fourth-order valence-corrected chi connectivity index (χ4v) is 2.92. The highest BCUT2D eigenvalue weighted by Gasteiger charge is 2.23. The van der Waals surface area contributed by atoms with E-state index in [1.54, 1.807) is 6.20 Å². The number of nitrogens with zero attached hydrogens (tertiary/aromatic N) is 2. The second kappa shape index (κ2) is 5.72. The minimum absolute atomic E-state index is 0.0581. The van der Waals surface area contributed by atoms with Gasteiger partial charge in [0.1, 0.15) is 17.4 Å². The van der Waals surface area contributed by atoms with E-state index in [9.17, 15) is 5.11 Å². The minimum atomic E-state index is -0.0581. The Morgan fingerprint density at radius 2 is 1.91 bits per heavy atom. The van der Waals surface area contributed by atoms with Crippen molar-refractivity contribution in [3.8, 4) is 5.75 Å². The SMILES string of the molecule is Oc1c(C[C@@H]2CC(c3ccccc3)=NO2)ccc2cccnc12. The molecular formula is C19H16N2O2. The molecule has 0 fully saturated rings. The third-order valence-electron chi connectivity index (χ3n) is 4.12. The lowest BCUT2D eigenvalue weighted by atomic mass is 9.99. The van der Waals surface area contributed by atoms with Crippen LogP contribution in [0.15, 0.2) is 65.9 Å². The van der Waals surface area contributed by atoms with Crippen LogP contribution < -0.4 is 0 Å². The molecule has 23 heavy (non-hydrogen) atoms. The number of hydrogen-bond donors (Lipinski definition) is 1. The molecule has 0 bridgehead atoms. The Kier molecular flexibility index (Phi) is 3.42. The van der Waals surface area contributed by atoms with Gasteiger partial charge in [0.25, 0.3) is 0 Å². The molecule has 0 aliphatic carbocycles. The summed E-state index contributed by atoms with van der Waals surface area (Å²) >= 11 is 0. The number of rotatable bonds is 3. The van der Waals surface area contributed by atoms with Crippen LogP contribution in [0.5, 0.6) is 5.75 Å². The van der Waals surface area contributed by atoms with E-state index < -0.39 is 0 Å². The molecule has 1 aromatic heterocycles. The number of aromatic nitrogens is 1. The van der Waals surface area contributed by atoms with Gasteiger partial charge in [-0.3, -0.25) is 4.98 Å². The number of phenolic OH excluding ortho intramolecular Hbond substituents is 1. The molecule has 1 aliphatic rings. The maximum Gasteiger partial charge on any atom is 0.145 e. The van der Waals surface area contributed by atoms with E-state index >= 15 is 0 Å². The van der Waals surface area contributed by atoms with Crippen molar-refractivity contribution in [3.63, 3.8) is 0 Å². The molecule has 4 nitrogen and oxygen atoms in total. The van der Waals surface area contributed by atoms with Crippen molar-refractivity contribution in [2.24, 2.45) is 5.16 Å². The molecule has 0 saturated heterocycles. The van der Waals surface area contributed by atoms with E-state index in [1.807, 2.05) is 54.6 Å². The van der Waals surface area contributed by atoms with Crippen LogP contribution in [0.25, 0.3) is 10.9 Å². The van der Waals surface area contributed by atoms with Crippen LogP contribution in [-0.4, -0.2) is 21.9 Å². The predicted octanol–water partition coefficient (Wildman–Crippen LogP) is 3.68. The third kappa shape index (κ3) is 2.63. The number of aromatic hydroxyl groups is 1. The second-order valence-electron chi connectivity index (χ2n) is 5.69. The Bertz CT molecular complexity index is 875. The second-order valence-corrected chi connectivity index (χ2v) is 5.69. The summed E-state index contributed by atoms with van der Waals surface area (Å²) in [7, 11) is 0. The third-order valence-corrected chi connectivity index (χ3v) is 4.12. The molecular weight excluding hydrogens is 288 g/mol. The van der Waals surface area contributed by atoms with E-state index in [0.29, 0.717) is 11.9 Å². The van der Waals surface area contributed by atoms with Gasteiger partial charge in [0, 0.05) is 24.4 Å². The molecule has 0 radical (unpaired) electrons. The van der Waals surface area contributed by atoms with Gasteiger partial charge in [0.15, 0.2) is 0 Å². The van der Waals surface area contributed by atoms with Crippen LogP contribution in [0.3, 0.4) is 0 Å². The van der Waals surface area contributed by atoms with Crippen molar-refractivity contribution >= 4 is 16.6 Å². The summed E-state index contributed by atoms with van der Waals surface area (Å²) in [6.07, 6.45) is 2.98. The fourth-order valence-electron chi connectivity index (χ4n) is 2.92. The minimum Gasteiger partial charge on any atom is -0.505 e. The molecule has 3 aromatic rings. The standard InChI is InChI=1S/C19H16N2O2/c22-19-15(9-8-14-7-4-10-20-18(14)19)11-16-12-17(21-23-16)13-5-2-1-3-6-13/h1-10,16,22H,11-12H2/t16-/m1/s1. The number of pyridine rings is 1. The Labute approximate surface area is 134 Å². The maximum atomic E-state index is 10.4. The summed E-state index contributed by atoms with van der Waals surface area (Å²) in [5.41, 5.74) is 3.51. The first kappa shape index (κ1) is 13.8. The molecule has 4 heteroatoms. The summed E-state index contributed by atoms with van der Waals surface area (Å²) < 4.78 is 0. The van der Waals surface area contributed by atoms with Crippen molar-refractivity contribution in [2.45, 2.75) is 18.9 Å². The van der Waals surface area contributed by atoms with E-state index in [0.717, 1.165) is 28.6 Å². The first-order chi connectivity index (χ1) is 11.3. The Balaban J connectivity index is 1.53. The Morgan fingerprint density at radius 1 is 1.04 bits per heavy atom. The van der Waals surface area contributed by atoms with Crippen LogP contribution in [0.2, 0.25) is 0 Å². The zero-order valence-corrected chi connectivity index (χ0v) is 12.5. The van der Waals surface area contributed by atoms with Crippen LogP contribution >= 0.6 is 0 Å². The summed E-state index contributed by atoms with van der Waals surface area (Å²) in [6, 6.07) is 17.7. The molecule has 0 spiro atoms. The highest BCUT2D eigenvalue weighted by molar-refractivity contribution is 6.01. The quantitative estimate of drug-likeness (QED) is 0.803. The van der Waals surface area contributed by atoms with Crippen molar-refractivity contribution in [3.05, 3.63) is 71.9 Å². The highest BCUT2D eigenvalue weighted by atomic mass is 16.6. The lowest BCUT2D eigenvalue weighted by Gasteiger charge is -2.11. The molecule has 0 unspecified atom stereocenters. The summed E-state index contributed by atoms with van der Waals surface area (Å²) in [5.74, 6) is 0.236. The van der Waals surface area contributed by atoms with Crippen LogP contribution in [0.1, 0.15) is 17.5 Å². The van der Waals surface area contributed by atoms with E-state index in [4.69, 9.17) is 4.84 Å². The average Bonchev–Trinajstić information content (AvgIpc) is 3.07. The van der Waals surface area contributed by atoms with Gasteiger partial charge in [-0.1, -0.05) is 53.7 Å². The molecule has 2 heterocycles. The molecule has 1 N–H and O–H groups in total. The maximum absolute atomic E-state index is 10.4. The van der Waals surface area contributed by atoms with Gasteiger partial charge in [-0.15, -0.1) is 0 Å². The van der Waals surface area contributed by atoms with Gasteiger partial charge in [0.2, 0.25) is 0 Å². The summed E-state index contributed by atoms with van der Waals surface area (Å²) in [5, 5.41) is 15.6. The zero-order valence-electron chi connectivity index (χ0n) is 12.5. The van der Waals surface area contributed by atoms with Gasteiger partial charge in [-0.25, -0.2) is 0 Å². The van der Waals surface area contributed by atoms with Gasteiger partial charge in [-0.2, -0.15) is 0 Å². The number of hydrogen-bond acceptors (Lipinski definition) is 4. The number of oxime groups is 1. The summed E-state index contributed by atoms with van der Waals surface area (Å²) in [4.78, 5) is 9.81. The van der Waals surface area contributed by atoms with Gasteiger partial charge < -0.3 is 9.94 Å². The van der Waals surface area contributed by atoms with E-state index in [2.05, 4.69) is 10.1 Å². The van der Waals surface area contributed by atoms with E-state index in [-0.39, 0.29) is 11.9 Å². The number of phenols is 1. The van der Waals surface area contributed by atoms with Crippen LogP contribution in [-0.2, 0) is 11.3 Å². The van der Waals surface area contributed by atoms with Crippen molar-refractivity contribution in [2.75, 3.05) is 0 Å².